The van der Waals surface area contributed by atoms with Crippen molar-refractivity contribution in [2.45, 2.75) is 35.1 Å². The zero-order valence-corrected chi connectivity index (χ0v) is 20.7. The summed E-state index contributed by atoms with van der Waals surface area (Å²) in [6, 6.07) is 7.85. The van der Waals surface area contributed by atoms with Crippen LogP contribution < -0.4 is 26.7 Å². The van der Waals surface area contributed by atoms with E-state index >= 15 is 0 Å². The van der Waals surface area contributed by atoms with Crippen LogP contribution in [0.15, 0.2) is 51.2 Å². The van der Waals surface area contributed by atoms with Gasteiger partial charge in [-0.3, -0.25) is 9.36 Å². The van der Waals surface area contributed by atoms with E-state index in [-0.39, 0.29) is 22.8 Å². The number of nitrogen functional groups attached to an aromatic ring is 1. The molecule has 0 bridgehead atoms. The van der Waals surface area contributed by atoms with Gasteiger partial charge in [-0.2, -0.15) is 0 Å². The molecule has 1 saturated heterocycles. The van der Waals surface area contributed by atoms with Crippen molar-refractivity contribution >= 4 is 35.1 Å². The van der Waals surface area contributed by atoms with Crippen LogP contribution in [0.25, 0.3) is 0 Å². The predicted molar refractivity (Wildman–Crippen MR) is 135 cm³/mol. The van der Waals surface area contributed by atoms with E-state index in [1.165, 1.54) is 22.9 Å². The third kappa shape index (κ3) is 3.72. The van der Waals surface area contributed by atoms with Crippen LogP contribution >= 0.6 is 23.4 Å². The molecule has 4 N–H and O–H groups in total. The SMILES string of the molecule is COc1cccc2c1CC1(CCN(c3ncc(Sc4ccnc(N)c4Cl)c(=O)n3C)CC1)[C@@H]2N. The lowest BCUT2D eigenvalue weighted by Crippen LogP contribution is -2.46. The summed E-state index contributed by atoms with van der Waals surface area (Å²) in [5, 5.41) is 0.338. The Morgan fingerprint density at radius 1 is 1.21 bits per heavy atom. The van der Waals surface area contributed by atoms with Gasteiger partial charge in [0.2, 0.25) is 5.95 Å². The van der Waals surface area contributed by atoms with Crippen molar-refractivity contribution in [3.63, 3.8) is 0 Å². The molecule has 0 radical (unpaired) electrons. The fourth-order valence-electron chi connectivity index (χ4n) is 5.20. The van der Waals surface area contributed by atoms with Crippen molar-refractivity contribution in [1.82, 2.24) is 14.5 Å². The number of anilines is 2. The van der Waals surface area contributed by atoms with E-state index in [1.807, 2.05) is 12.1 Å². The highest BCUT2D eigenvalue weighted by atomic mass is 35.5. The minimum atomic E-state index is -0.128. The van der Waals surface area contributed by atoms with Crippen LogP contribution in [-0.4, -0.2) is 34.7 Å². The van der Waals surface area contributed by atoms with Crippen LogP contribution in [0.3, 0.4) is 0 Å². The molecular weight excluding hydrogens is 472 g/mol. The topological polar surface area (TPSA) is 112 Å². The highest BCUT2D eigenvalue weighted by molar-refractivity contribution is 7.99. The molecular formula is C24H27ClN6O2S. The van der Waals surface area contributed by atoms with Crippen LogP contribution in [0.5, 0.6) is 5.75 Å². The average molecular weight is 499 g/mol. The Morgan fingerprint density at radius 3 is 2.71 bits per heavy atom. The Balaban J connectivity index is 1.34. The van der Waals surface area contributed by atoms with Crippen LogP contribution in [0.2, 0.25) is 5.02 Å². The second-order valence-corrected chi connectivity index (χ2v) is 10.4. The first kappa shape index (κ1) is 23.0. The summed E-state index contributed by atoms with van der Waals surface area (Å²) < 4.78 is 7.19. The second kappa shape index (κ2) is 8.79. The first-order chi connectivity index (χ1) is 16.3. The maximum absolute atomic E-state index is 13.1. The Labute approximate surface area is 207 Å². The van der Waals surface area contributed by atoms with Gasteiger partial charge in [-0.1, -0.05) is 35.5 Å². The van der Waals surface area contributed by atoms with E-state index in [2.05, 4.69) is 20.9 Å². The van der Waals surface area contributed by atoms with Gasteiger partial charge in [0.25, 0.3) is 5.56 Å². The van der Waals surface area contributed by atoms with Crippen LogP contribution in [0.4, 0.5) is 11.8 Å². The van der Waals surface area contributed by atoms with Gasteiger partial charge in [-0.05, 0) is 47.9 Å². The average Bonchev–Trinajstić information content (AvgIpc) is 3.12. The fourth-order valence-corrected chi connectivity index (χ4v) is 6.32. The van der Waals surface area contributed by atoms with Crippen molar-refractivity contribution in [3.05, 3.63) is 63.2 Å². The van der Waals surface area contributed by atoms with Crippen LogP contribution in [0.1, 0.15) is 30.0 Å². The molecule has 10 heteroatoms. The Bertz CT molecular complexity index is 1310. The minimum absolute atomic E-state index is 0.000149. The zero-order valence-electron chi connectivity index (χ0n) is 19.1. The van der Waals surface area contributed by atoms with E-state index in [0.29, 0.717) is 20.8 Å². The molecule has 1 aromatic carbocycles. The number of fused-ring (bicyclic) bond motifs is 1. The molecule has 2 aromatic heterocycles. The van der Waals surface area contributed by atoms with E-state index in [4.69, 9.17) is 27.8 Å². The molecule has 0 amide bonds. The monoisotopic (exact) mass is 498 g/mol. The molecule has 1 spiro atoms. The van der Waals surface area contributed by atoms with Crippen molar-refractivity contribution < 1.29 is 4.74 Å². The minimum Gasteiger partial charge on any atom is -0.496 e. The summed E-state index contributed by atoms with van der Waals surface area (Å²) in [4.78, 5) is 25.0. The number of piperidine rings is 1. The lowest BCUT2D eigenvalue weighted by Gasteiger charge is -2.42. The molecule has 2 aliphatic rings. The smallest absolute Gasteiger partial charge is 0.268 e. The number of aromatic nitrogens is 3. The largest absolute Gasteiger partial charge is 0.496 e. The molecule has 1 aliphatic heterocycles. The third-order valence-electron chi connectivity index (χ3n) is 7.17. The number of pyridine rings is 1. The molecule has 8 nitrogen and oxygen atoms in total. The van der Waals surface area contributed by atoms with E-state index in [1.54, 1.807) is 37.2 Å². The van der Waals surface area contributed by atoms with Gasteiger partial charge >= 0.3 is 0 Å². The molecule has 0 saturated carbocycles. The molecule has 1 fully saturated rings. The standard InChI is InChI=1S/C24H27ClN6O2S/c1-30-22(32)18(34-17-6-9-28-21(27)19(17)25)13-29-23(30)31-10-7-24(8-11-31)12-15-14(20(24)26)4-3-5-16(15)33-2/h3-6,9,13,20H,7-8,10-12,26H2,1-2H3,(H2,27,28)/t20-/m1/s1. The molecule has 5 rings (SSSR count). The number of rotatable bonds is 4. The van der Waals surface area contributed by atoms with Crippen LogP contribution in [0, 0.1) is 5.41 Å². The lowest BCUT2D eigenvalue weighted by molar-refractivity contribution is 0.185. The van der Waals surface area contributed by atoms with Gasteiger partial charge in [0.1, 0.15) is 11.6 Å². The Morgan fingerprint density at radius 2 is 1.97 bits per heavy atom. The maximum Gasteiger partial charge on any atom is 0.268 e. The predicted octanol–water partition coefficient (Wildman–Crippen LogP) is 3.41. The number of methoxy groups -OCH3 is 1. The zero-order chi connectivity index (χ0) is 24.0. The number of ether oxygens (including phenoxy) is 1. The summed E-state index contributed by atoms with van der Waals surface area (Å²) in [7, 11) is 3.46. The highest BCUT2D eigenvalue weighted by Crippen LogP contribution is 2.53. The molecule has 3 aromatic rings. The quantitative estimate of drug-likeness (QED) is 0.562. The van der Waals surface area contributed by atoms with Gasteiger partial charge in [-0.15, -0.1) is 0 Å². The molecule has 0 unspecified atom stereocenters. The summed E-state index contributed by atoms with van der Waals surface area (Å²) in [6.45, 7) is 1.56. The molecule has 1 atom stereocenters. The third-order valence-corrected chi connectivity index (χ3v) is 8.74. The van der Waals surface area contributed by atoms with Crippen molar-refractivity contribution in [2.24, 2.45) is 18.2 Å². The first-order valence-electron chi connectivity index (χ1n) is 11.1. The van der Waals surface area contributed by atoms with Gasteiger partial charge < -0.3 is 21.1 Å². The van der Waals surface area contributed by atoms with Gasteiger partial charge in [0.15, 0.2) is 0 Å². The first-order valence-corrected chi connectivity index (χ1v) is 12.3. The molecule has 1 aliphatic carbocycles. The van der Waals surface area contributed by atoms with Crippen molar-refractivity contribution in [2.75, 3.05) is 30.8 Å². The van der Waals surface area contributed by atoms with E-state index in [9.17, 15) is 4.79 Å². The normalized spacial score (nSPS) is 18.8. The summed E-state index contributed by atoms with van der Waals surface area (Å²) in [5.41, 5.74) is 14.8. The van der Waals surface area contributed by atoms with Crippen molar-refractivity contribution in [1.29, 1.82) is 0 Å². The molecule has 34 heavy (non-hydrogen) atoms. The maximum atomic E-state index is 13.1. The molecule has 3 heterocycles. The van der Waals surface area contributed by atoms with Gasteiger partial charge in [-0.25, -0.2) is 9.97 Å². The van der Waals surface area contributed by atoms with Gasteiger partial charge in [0, 0.05) is 37.3 Å². The summed E-state index contributed by atoms with van der Waals surface area (Å²) >= 11 is 7.49. The lowest BCUT2D eigenvalue weighted by atomic mass is 9.73. The van der Waals surface area contributed by atoms with Crippen LogP contribution in [-0.2, 0) is 13.5 Å². The number of nitrogens with two attached hydrogens (primary N) is 2. The number of hydrogen-bond donors (Lipinski definition) is 2. The number of halogens is 1. The summed E-state index contributed by atoms with van der Waals surface area (Å²) in [6.07, 6.45) is 5.94. The Kier molecular flexibility index (Phi) is 5.95. The second-order valence-electron chi connectivity index (χ2n) is 8.93. The van der Waals surface area contributed by atoms with E-state index in [0.717, 1.165) is 38.1 Å². The summed E-state index contributed by atoms with van der Waals surface area (Å²) in [5.74, 6) is 1.81. The number of benzene rings is 1. The fraction of sp³-hybridized carbons (Fsp3) is 0.375. The molecule has 178 valence electrons. The van der Waals surface area contributed by atoms with Crippen molar-refractivity contribution in [3.8, 4) is 5.75 Å². The van der Waals surface area contributed by atoms with Gasteiger partial charge in [0.05, 0.1) is 23.2 Å². The number of hydrogen-bond acceptors (Lipinski definition) is 8. The Hall–Kier alpha value is -2.75. The van der Waals surface area contributed by atoms with E-state index < -0.39 is 0 Å². The number of nitrogens with zero attached hydrogens (tertiary/aromatic N) is 4. The highest BCUT2D eigenvalue weighted by Gasteiger charge is 2.47.